The lowest BCUT2D eigenvalue weighted by atomic mass is 10.1. The molecule has 1 amide bonds. The molecule has 7 heteroatoms. The summed E-state index contributed by atoms with van der Waals surface area (Å²) in [6.07, 6.45) is 8.53. The van der Waals surface area contributed by atoms with Gasteiger partial charge in [0, 0.05) is 30.7 Å². The van der Waals surface area contributed by atoms with Crippen molar-refractivity contribution in [1.82, 2.24) is 30.0 Å². The Kier molecular flexibility index (Phi) is 3.74. The number of H-pyrrole nitrogens is 1. The van der Waals surface area contributed by atoms with Crippen molar-refractivity contribution < 1.29 is 4.79 Å². The molecule has 4 rings (SSSR count). The molecule has 1 aliphatic rings. The van der Waals surface area contributed by atoms with Crippen LogP contribution in [0.5, 0.6) is 0 Å². The largest absolute Gasteiger partial charge is 0.329 e. The number of hydrogen-bond acceptors (Lipinski definition) is 5. The van der Waals surface area contributed by atoms with Crippen LogP contribution in [0.25, 0.3) is 11.3 Å². The highest BCUT2D eigenvalue weighted by molar-refractivity contribution is 5.93. The molecule has 1 aliphatic heterocycles. The van der Waals surface area contributed by atoms with E-state index >= 15 is 0 Å². The smallest absolute Gasteiger partial charge is 0.272 e. The van der Waals surface area contributed by atoms with E-state index in [1.165, 1.54) is 6.33 Å². The van der Waals surface area contributed by atoms with Gasteiger partial charge in [-0.25, -0.2) is 9.97 Å². The third-order valence-corrected chi connectivity index (χ3v) is 4.23. The van der Waals surface area contributed by atoms with Crippen LogP contribution in [0.2, 0.25) is 0 Å². The molecule has 1 unspecified atom stereocenters. The SMILES string of the molecule is O=C(c1cc(-c2cccnc2)n[nH]1)N1CCCC1c1ccncn1. The average molecular weight is 320 g/mol. The van der Waals surface area contributed by atoms with Gasteiger partial charge in [-0.05, 0) is 37.1 Å². The van der Waals surface area contributed by atoms with Crippen molar-refractivity contribution in [3.63, 3.8) is 0 Å². The highest BCUT2D eigenvalue weighted by Gasteiger charge is 2.32. The lowest BCUT2D eigenvalue weighted by Gasteiger charge is -2.23. The van der Waals surface area contributed by atoms with Gasteiger partial charge in [-0.2, -0.15) is 5.10 Å². The zero-order valence-corrected chi connectivity index (χ0v) is 13.0. The standard InChI is InChI=1S/C17H16N6O/c24-17(15-9-14(21-22-15)12-3-1-6-18-10-12)23-8-2-4-16(23)13-5-7-19-11-20-13/h1,3,5-7,9-11,16H,2,4,8H2,(H,21,22). The summed E-state index contributed by atoms with van der Waals surface area (Å²) in [6, 6.07) is 7.39. The van der Waals surface area contributed by atoms with E-state index in [1.54, 1.807) is 24.7 Å². The number of amides is 1. The zero-order valence-electron chi connectivity index (χ0n) is 13.0. The minimum atomic E-state index is -0.0567. The van der Waals surface area contributed by atoms with Gasteiger partial charge in [0.15, 0.2) is 0 Å². The van der Waals surface area contributed by atoms with Crippen LogP contribution < -0.4 is 0 Å². The number of nitrogens with zero attached hydrogens (tertiary/aromatic N) is 5. The molecular formula is C17H16N6O. The van der Waals surface area contributed by atoms with Gasteiger partial charge in [0.25, 0.3) is 5.91 Å². The van der Waals surface area contributed by atoms with Crippen molar-refractivity contribution in [3.8, 4) is 11.3 Å². The zero-order chi connectivity index (χ0) is 16.4. The molecule has 120 valence electrons. The molecule has 0 bridgehead atoms. The second-order valence-corrected chi connectivity index (χ2v) is 5.70. The van der Waals surface area contributed by atoms with E-state index < -0.39 is 0 Å². The van der Waals surface area contributed by atoms with Gasteiger partial charge < -0.3 is 4.90 Å². The summed E-state index contributed by atoms with van der Waals surface area (Å²) in [7, 11) is 0. The molecule has 1 N–H and O–H groups in total. The Labute approximate surface area is 138 Å². The van der Waals surface area contributed by atoms with Gasteiger partial charge in [0.1, 0.15) is 12.0 Å². The number of hydrogen-bond donors (Lipinski definition) is 1. The van der Waals surface area contributed by atoms with E-state index in [-0.39, 0.29) is 11.9 Å². The van der Waals surface area contributed by atoms with Crippen molar-refractivity contribution in [2.24, 2.45) is 0 Å². The summed E-state index contributed by atoms with van der Waals surface area (Å²) in [5.74, 6) is -0.0567. The maximum atomic E-state index is 12.9. The topological polar surface area (TPSA) is 87.7 Å². The monoisotopic (exact) mass is 320 g/mol. The first kappa shape index (κ1) is 14.5. The number of aromatic nitrogens is 5. The molecule has 0 aliphatic carbocycles. The third kappa shape index (κ3) is 2.64. The average Bonchev–Trinajstić information content (AvgIpc) is 3.32. The highest BCUT2D eigenvalue weighted by atomic mass is 16.2. The summed E-state index contributed by atoms with van der Waals surface area (Å²) in [4.78, 5) is 27.0. The number of carbonyl (C=O) groups is 1. The normalized spacial score (nSPS) is 17.2. The molecule has 7 nitrogen and oxygen atoms in total. The molecule has 3 aromatic heterocycles. The maximum absolute atomic E-state index is 12.9. The highest BCUT2D eigenvalue weighted by Crippen LogP contribution is 2.31. The van der Waals surface area contributed by atoms with E-state index in [0.29, 0.717) is 11.4 Å². The van der Waals surface area contributed by atoms with Gasteiger partial charge in [-0.3, -0.25) is 14.9 Å². The summed E-state index contributed by atoms with van der Waals surface area (Å²) >= 11 is 0. The fraction of sp³-hybridized carbons (Fsp3) is 0.235. The van der Waals surface area contributed by atoms with Crippen LogP contribution in [0.3, 0.4) is 0 Å². The fourth-order valence-electron chi connectivity index (χ4n) is 3.06. The molecule has 1 fully saturated rings. The van der Waals surface area contributed by atoms with Crippen molar-refractivity contribution in [3.05, 3.63) is 60.6 Å². The number of nitrogens with one attached hydrogen (secondary N) is 1. The van der Waals surface area contributed by atoms with E-state index in [2.05, 4.69) is 25.1 Å². The van der Waals surface area contributed by atoms with Gasteiger partial charge >= 0.3 is 0 Å². The Morgan fingerprint density at radius 3 is 3.00 bits per heavy atom. The predicted octanol–water partition coefficient (Wildman–Crippen LogP) is 2.24. The number of likely N-dealkylation sites (tertiary alicyclic amines) is 1. The van der Waals surface area contributed by atoms with Crippen LogP contribution in [0.1, 0.15) is 35.1 Å². The van der Waals surface area contributed by atoms with Crippen LogP contribution in [-0.2, 0) is 0 Å². The Morgan fingerprint density at radius 1 is 1.25 bits per heavy atom. The van der Waals surface area contributed by atoms with E-state index in [1.807, 2.05) is 23.1 Å². The van der Waals surface area contributed by atoms with Crippen molar-refractivity contribution in [2.45, 2.75) is 18.9 Å². The Hall–Kier alpha value is -3.09. The molecule has 0 aromatic carbocycles. The van der Waals surface area contributed by atoms with Crippen LogP contribution in [-0.4, -0.2) is 42.5 Å². The van der Waals surface area contributed by atoms with Gasteiger partial charge in [-0.1, -0.05) is 0 Å². The molecule has 0 spiro atoms. The van der Waals surface area contributed by atoms with Crippen LogP contribution >= 0.6 is 0 Å². The number of aromatic amines is 1. The maximum Gasteiger partial charge on any atom is 0.272 e. The molecule has 1 atom stereocenters. The quantitative estimate of drug-likeness (QED) is 0.799. The third-order valence-electron chi connectivity index (χ3n) is 4.23. The van der Waals surface area contributed by atoms with E-state index in [0.717, 1.165) is 30.6 Å². The first-order valence-corrected chi connectivity index (χ1v) is 7.85. The Bertz CT molecular complexity index is 833. The Balaban J connectivity index is 1.58. The van der Waals surface area contributed by atoms with Gasteiger partial charge in [0.05, 0.1) is 17.4 Å². The van der Waals surface area contributed by atoms with Gasteiger partial charge in [0.2, 0.25) is 0 Å². The van der Waals surface area contributed by atoms with Gasteiger partial charge in [-0.15, -0.1) is 0 Å². The second kappa shape index (κ2) is 6.19. The minimum absolute atomic E-state index is 0.00866. The van der Waals surface area contributed by atoms with Crippen LogP contribution in [0, 0.1) is 0 Å². The summed E-state index contributed by atoms with van der Waals surface area (Å²) in [5, 5.41) is 7.09. The van der Waals surface area contributed by atoms with Crippen molar-refractivity contribution in [2.75, 3.05) is 6.54 Å². The van der Waals surface area contributed by atoms with Crippen molar-refractivity contribution in [1.29, 1.82) is 0 Å². The van der Waals surface area contributed by atoms with Crippen molar-refractivity contribution >= 4 is 5.91 Å². The molecule has 4 heterocycles. The molecule has 0 radical (unpaired) electrons. The first-order valence-electron chi connectivity index (χ1n) is 7.85. The van der Waals surface area contributed by atoms with Crippen LogP contribution in [0.4, 0.5) is 0 Å². The predicted molar refractivity (Wildman–Crippen MR) is 86.9 cm³/mol. The summed E-state index contributed by atoms with van der Waals surface area (Å²) in [6.45, 7) is 0.717. The summed E-state index contributed by atoms with van der Waals surface area (Å²) < 4.78 is 0. The second-order valence-electron chi connectivity index (χ2n) is 5.70. The van der Waals surface area contributed by atoms with E-state index in [4.69, 9.17) is 0 Å². The summed E-state index contributed by atoms with van der Waals surface area (Å²) in [5.41, 5.74) is 2.95. The number of carbonyl (C=O) groups excluding carboxylic acids is 1. The molecule has 1 saturated heterocycles. The fourth-order valence-corrected chi connectivity index (χ4v) is 3.06. The van der Waals surface area contributed by atoms with E-state index in [9.17, 15) is 4.79 Å². The van der Waals surface area contributed by atoms with Crippen LogP contribution in [0.15, 0.2) is 49.2 Å². The minimum Gasteiger partial charge on any atom is -0.329 e. The molecule has 0 saturated carbocycles. The molecule has 3 aromatic rings. The lowest BCUT2D eigenvalue weighted by molar-refractivity contribution is 0.0727. The molecular weight excluding hydrogens is 304 g/mol. The lowest BCUT2D eigenvalue weighted by Crippen LogP contribution is -2.31. The first-order chi connectivity index (χ1) is 11.8. The number of pyridine rings is 1. The molecule has 24 heavy (non-hydrogen) atoms. The Morgan fingerprint density at radius 2 is 2.21 bits per heavy atom. The number of rotatable bonds is 3.